The zero-order valence-corrected chi connectivity index (χ0v) is 9.60. The summed E-state index contributed by atoms with van der Waals surface area (Å²) in [7, 11) is 0. The van der Waals surface area contributed by atoms with Gasteiger partial charge >= 0.3 is 0 Å². The predicted octanol–water partition coefficient (Wildman–Crippen LogP) is 3.79. The highest BCUT2D eigenvalue weighted by Gasteiger charge is 1.99. The first-order valence-corrected chi connectivity index (χ1v) is 5.52. The number of halogens is 1. The fraction of sp³-hybridized carbons (Fsp3) is 0.0714. The lowest BCUT2D eigenvalue weighted by molar-refractivity contribution is 0.102. The van der Waals surface area contributed by atoms with Gasteiger partial charge in [-0.2, -0.15) is 0 Å². The Morgan fingerprint density at radius 3 is 1.56 bits per heavy atom. The molecule has 0 saturated heterocycles. The van der Waals surface area contributed by atoms with Crippen LogP contribution in [0.3, 0.4) is 0 Å². The van der Waals surface area contributed by atoms with Gasteiger partial charge in [-0.05, 0) is 0 Å². The molecule has 0 saturated carbocycles. The van der Waals surface area contributed by atoms with Crippen LogP contribution in [0, 0.1) is 0 Å². The molecular weight excluding hydrogens is 220 g/mol. The molecule has 2 rings (SSSR count). The predicted molar refractivity (Wildman–Crippen MR) is 67.9 cm³/mol. The second-order valence-electron chi connectivity index (χ2n) is 3.08. The lowest BCUT2D eigenvalue weighted by atomic mass is 10.2. The second kappa shape index (κ2) is 7.66. The molecule has 0 atom stereocenters. The minimum Gasteiger partial charge on any atom is -0.293 e. The molecule has 0 amide bonds. The van der Waals surface area contributed by atoms with Crippen LogP contribution in [-0.4, -0.2) is 11.7 Å². The Morgan fingerprint density at radius 2 is 1.19 bits per heavy atom. The smallest absolute Gasteiger partial charge is 0.177 e. The van der Waals surface area contributed by atoms with Crippen LogP contribution in [0.2, 0.25) is 0 Å². The normalized spacial score (nSPS) is 8.81. The van der Waals surface area contributed by atoms with Gasteiger partial charge in [0, 0.05) is 5.56 Å². The highest BCUT2D eigenvalue weighted by Crippen LogP contribution is 2.00. The number of benzene rings is 2. The van der Waals surface area contributed by atoms with Crippen molar-refractivity contribution in [1.29, 1.82) is 0 Å². The van der Waals surface area contributed by atoms with Crippen molar-refractivity contribution >= 4 is 17.4 Å². The van der Waals surface area contributed by atoms with Gasteiger partial charge in [-0.1, -0.05) is 66.7 Å². The van der Waals surface area contributed by atoms with Gasteiger partial charge in [-0.15, -0.1) is 11.6 Å². The summed E-state index contributed by atoms with van der Waals surface area (Å²) in [6, 6.07) is 21.0. The number of carbonyl (C=O) groups is 1. The average Bonchev–Trinajstić information content (AvgIpc) is 2.41. The first-order chi connectivity index (χ1) is 7.84. The van der Waals surface area contributed by atoms with Crippen molar-refractivity contribution in [2.75, 3.05) is 5.88 Å². The molecule has 2 heteroatoms. The fourth-order valence-corrected chi connectivity index (χ4v) is 1.24. The third kappa shape index (κ3) is 4.76. The van der Waals surface area contributed by atoms with Crippen molar-refractivity contribution in [3.63, 3.8) is 0 Å². The van der Waals surface area contributed by atoms with E-state index in [0.717, 1.165) is 0 Å². The standard InChI is InChI=1S/C8H7ClO.C6H6/c9-6-8(10)7-4-2-1-3-5-7;1-2-4-6-5-3-1/h1-5H,6H2;1-6H. The molecule has 2 aromatic rings. The maximum atomic E-state index is 10.9. The first kappa shape index (κ1) is 12.5. The largest absolute Gasteiger partial charge is 0.293 e. The van der Waals surface area contributed by atoms with Crippen LogP contribution in [0.1, 0.15) is 10.4 Å². The zero-order chi connectivity index (χ0) is 11.6. The number of alkyl halides is 1. The van der Waals surface area contributed by atoms with Crippen LogP contribution in [-0.2, 0) is 0 Å². The number of carbonyl (C=O) groups excluding carboxylic acids is 1. The van der Waals surface area contributed by atoms with Crippen molar-refractivity contribution in [3.8, 4) is 0 Å². The van der Waals surface area contributed by atoms with E-state index in [2.05, 4.69) is 0 Å². The highest BCUT2D eigenvalue weighted by atomic mass is 35.5. The molecule has 0 aliphatic carbocycles. The third-order valence-corrected chi connectivity index (χ3v) is 2.13. The number of ketones is 1. The van der Waals surface area contributed by atoms with Crippen LogP contribution in [0.4, 0.5) is 0 Å². The molecule has 0 heterocycles. The van der Waals surface area contributed by atoms with E-state index in [1.54, 1.807) is 12.1 Å². The van der Waals surface area contributed by atoms with E-state index in [1.165, 1.54) is 0 Å². The number of Topliss-reactive ketones (excluding diaryl/α,β-unsaturated/α-hetero) is 1. The fourth-order valence-electron chi connectivity index (χ4n) is 1.09. The number of hydrogen-bond acceptors (Lipinski definition) is 1. The first-order valence-electron chi connectivity index (χ1n) is 4.99. The van der Waals surface area contributed by atoms with Gasteiger partial charge in [0.2, 0.25) is 0 Å². The minimum atomic E-state index is -0.0257. The molecule has 0 aliphatic heterocycles. The Hall–Kier alpha value is -1.60. The van der Waals surface area contributed by atoms with Crippen LogP contribution in [0.25, 0.3) is 0 Å². The molecule has 82 valence electrons. The minimum absolute atomic E-state index is 0.0257. The number of rotatable bonds is 2. The average molecular weight is 233 g/mol. The van der Waals surface area contributed by atoms with Gasteiger partial charge in [0.1, 0.15) is 0 Å². The maximum Gasteiger partial charge on any atom is 0.177 e. The van der Waals surface area contributed by atoms with Crippen LogP contribution in [0.5, 0.6) is 0 Å². The Labute approximate surface area is 101 Å². The SMILES string of the molecule is O=C(CCl)c1ccccc1.c1ccccc1. The van der Waals surface area contributed by atoms with E-state index in [1.807, 2.05) is 54.6 Å². The van der Waals surface area contributed by atoms with Crippen molar-refractivity contribution in [1.82, 2.24) is 0 Å². The Bertz CT molecular complexity index is 371. The second-order valence-corrected chi connectivity index (χ2v) is 3.34. The van der Waals surface area contributed by atoms with Gasteiger partial charge in [-0.3, -0.25) is 4.79 Å². The molecule has 1 nitrogen and oxygen atoms in total. The van der Waals surface area contributed by atoms with E-state index >= 15 is 0 Å². The highest BCUT2D eigenvalue weighted by molar-refractivity contribution is 6.30. The molecule has 0 N–H and O–H groups in total. The van der Waals surface area contributed by atoms with E-state index < -0.39 is 0 Å². The van der Waals surface area contributed by atoms with Gasteiger partial charge in [0.05, 0.1) is 5.88 Å². The lowest BCUT2D eigenvalue weighted by Gasteiger charge is -1.92. The summed E-state index contributed by atoms with van der Waals surface area (Å²) >= 11 is 5.34. The van der Waals surface area contributed by atoms with Gasteiger partial charge in [0.15, 0.2) is 5.78 Å². The molecule has 0 aromatic heterocycles. The Balaban J connectivity index is 0.000000181. The van der Waals surface area contributed by atoms with E-state index in [9.17, 15) is 4.79 Å². The molecule has 0 unspecified atom stereocenters. The summed E-state index contributed by atoms with van der Waals surface area (Å²) in [5, 5.41) is 0. The van der Waals surface area contributed by atoms with Gasteiger partial charge < -0.3 is 0 Å². The summed E-state index contributed by atoms with van der Waals surface area (Å²) in [5.74, 6) is 0.0339. The van der Waals surface area contributed by atoms with Crippen LogP contribution >= 0.6 is 11.6 Å². The molecule has 0 spiro atoms. The van der Waals surface area contributed by atoms with E-state index in [4.69, 9.17) is 11.6 Å². The van der Waals surface area contributed by atoms with Crippen molar-refractivity contribution in [2.45, 2.75) is 0 Å². The molecule has 0 fully saturated rings. The quantitative estimate of drug-likeness (QED) is 0.569. The molecule has 0 radical (unpaired) electrons. The molecule has 0 bridgehead atoms. The maximum absolute atomic E-state index is 10.9. The topological polar surface area (TPSA) is 17.1 Å². The van der Waals surface area contributed by atoms with Crippen LogP contribution in [0.15, 0.2) is 66.7 Å². The van der Waals surface area contributed by atoms with Gasteiger partial charge in [-0.25, -0.2) is 0 Å². The molecule has 2 aromatic carbocycles. The summed E-state index contributed by atoms with van der Waals surface area (Å²) in [4.78, 5) is 10.9. The zero-order valence-electron chi connectivity index (χ0n) is 8.84. The van der Waals surface area contributed by atoms with Gasteiger partial charge in [0.25, 0.3) is 0 Å². The Kier molecular flexibility index (Phi) is 5.97. The summed E-state index contributed by atoms with van der Waals surface area (Å²) in [6.45, 7) is 0. The van der Waals surface area contributed by atoms with Crippen molar-refractivity contribution in [3.05, 3.63) is 72.3 Å². The Morgan fingerprint density at radius 1 is 0.812 bits per heavy atom. The molecular formula is C14H13ClO. The molecule has 0 aliphatic rings. The molecule has 16 heavy (non-hydrogen) atoms. The summed E-state index contributed by atoms with van der Waals surface area (Å²) in [5.41, 5.74) is 0.678. The van der Waals surface area contributed by atoms with Crippen LogP contribution < -0.4 is 0 Å². The lowest BCUT2D eigenvalue weighted by Crippen LogP contribution is -1.98. The monoisotopic (exact) mass is 232 g/mol. The van der Waals surface area contributed by atoms with Crippen molar-refractivity contribution < 1.29 is 4.79 Å². The third-order valence-electron chi connectivity index (χ3n) is 1.88. The summed E-state index contributed by atoms with van der Waals surface area (Å²) < 4.78 is 0. The summed E-state index contributed by atoms with van der Waals surface area (Å²) in [6.07, 6.45) is 0. The number of hydrogen-bond donors (Lipinski definition) is 0. The van der Waals surface area contributed by atoms with E-state index in [0.29, 0.717) is 5.56 Å². The van der Waals surface area contributed by atoms with E-state index in [-0.39, 0.29) is 11.7 Å². The van der Waals surface area contributed by atoms with Crippen molar-refractivity contribution in [2.24, 2.45) is 0 Å².